The Balaban J connectivity index is 1.14. The third-order valence-corrected chi connectivity index (χ3v) is 11.4. The van der Waals surface area contributed by atoms with E-state index in [-0.39, 0.29) is 0 Å². The minimum atomic E-state index is 0.666. The molecule has 0 radical (unpaired) electrons. The minimum Gasteiger partial charge on any atom is -0.456 e. The van der Waals surface area contributed by atoms with Crippen LogP contribution in [0.4, 0.5) is 0 Å². The van der Waals surface area contributed by atoms with Gasteiger partial charge in [0.25, 0.3) is 0 Å². The van der Waals surface area contributed by atoms with Crippen LogP contribution in [0.3, 0.4) is 0 Å². The normalized spacial score (nSPS) is 11.9. The first kappa shape index (κ1) is 30.9. The van der Waals surface area contributed by atoms with Crippen LogP contribution in [0.15, 0.2) is 192 Å². The molecule has 0 unspecified atom stereocenters. The molecule has 260 valence electrons. The lowest BCUT2D eigenvalue weighted by molar-refractivity contribution is 0.669. The zero-order valence-corrected chi connectivity index (χ0v) is 30.1. The van der Waals surface area contributed by atoms with Gasteiger partial charge in [-0.2, -0.15) is 0 Å². The molecule has 0 aliphatic carbocycles. The second-order valence-corrected chi connectivity index (χ2v) is 14.5. The van der Waals surface area contributed by atoms with Crippen molar-refractivity contribution >= 4 is 76.2 Å². The highest BCUT2D eigenvalue weighted by molar-refractivity contribution is 6.20. The summed E-state index contributed by atoms with van der Waals surface area (Å²) in [6.45, 7) is 0. The van der Waals surface area contributed by atoms with Crippen LogP contribution < -0.4 is 0 Å². The van der Waals surface area contributed by atoms with E-state index in [1.54, 1.807) is 0 Å². The second kappa shape index (κ2) is 12.0. The van der Waals surface area contributed by atoms with Gasteiger partial charge in [-0.05, 0) is 58.3 Å². The summed E-state index contributed by atoms with van der Waals surface area (Å²) < 4.78 is 9.11. The van der Waals surface area contributed by atoms with Gasteiger partial charge < -0.3 is 8.98 Å². The van der Waals surface area contributed by atoms with E-state index in [0.717, 1.165) is 71.9 Å². The van der Waals surface area contributed by atoms with E-state index < -0.39 is 0 Å². The fraction of sp³-hybridized carbons (Fsp3) is 0. The van der Waals surface area contributed by atoms with Gasteiger partial charge in [0.15, 0.2) is 5.82 Å². The van der Waals surface area contributed by atoms with E-state index in [0.29, 0.717) is 5.82 Å². The standard InChI is InChI=1S/C52H31N3O/c1-2-15-33(16-3-1)50-41-21-8-11-23-44(41)53-52(54-50)43-30-34(31-48-49(43)42-22-10-13-25-47(42)56-48)35-28-29-46(38-19-7-6-18-37(35)38)55-45-24-12-9-20-39(45)40-27-26-32-14-4-5-17-36(32)51(40)55/h1-31H. The summed E-state index contributed by atoms with van der Waals surface area (Å²) in [5, 5.41) is 10.3. The SMILES string of the molecule is c1ccc(-c2nc(-c3cc(-c4ccc(-n5c6ccccc6c6ccc7ccccc7c65)c5ccccc45)cc4oc5ccccc5c34)nc3ccccc23)cc1. The molecule has 12 aromatic rings. The molecule has 0 aliphatic heterocycles. The Hall–Kier alpha value is -7.56. The summed E-state index contributed by atoms with van der Waals surface area (Å²) in [5.74, 6) is 0.666. The Morgan fingerprint density at radius 1 is 0.411 bits per heavy atom. The first-order valence-corrected chi connectivity index (χ1v) is 19.0. The lowest BCUT2D eigenvalue weighted by Gasteiger charge is -2.16. The molecule has 3 aromatic heterocycles. The van der Waals surface area contributed by atoms with Crippen molar-refractivity contribution in [3.05, 3.63) is 188 Å². The van der Waals surface area contributed by atoms with E-state index >= 15 is 0 Å². The van der Waals surface area contributed by atoms with E-state index in [2.05, 4.69) is 168 Å². The highest BCUT2D eigenvalue weighted by Crippen LogP contribution is 2.44. The third kappa shape index (κ3) is 4.53. The molecular formula is C52H31N3O. The van der Waals surface area contributed by atoms with Gasteiger partial charge in [0, 0.05) is 48.8 Å². The molecule has 56 heavy (non-hydrogen) atoms. The van der Waals surface area contributed by atoms with E-state index in [4.69, 9.17) is 14.4 Å². The molecule has 9 aromatic carbocycles. The number of para-hydroxylation sites is 3. The molecule has 12 rings (SSSR count). The van der Waals surface area contributed by atoms with Gasteiger partial charge in [-0.15, -0.1) is 0 Å². The number of benzene rings is 9. The summed E-state index contributed by atoms with van der Waals surface area (Å²) in [4.78, 5) is 10.6. The molecule has 4 heteroatoms. The van der Waals surface area contributed by atoms with Crippen LogP contribution in [0.25, 0.3) is 116 Å². The van der Waals surface area contributed by atoms with Crippen molar-refractivity contribution in [1.82, 2.24) is 14.5 Å². The molecule has 0 fully saturated rings. The van der Waals surface area contributed by atoms with Crippen molar-refractivity contribution < 1.29 is 4.42 Å². The van der Waals surface area contributed by atoms with Crippen LogP contribution in [-0.4, -0.2) is 14.5 Å². The molecule has 0 saturated carbocycles. The maximum absolute atomic E-state index is 6.65. The quantitative estimate of drug-likeness (QED) is 0.182. The molecule has 0 bridgehead atoms. The second-order valence-electron chi connectivity index (χ2n) is 14.5. The Labute approximate surface area is 321 Å². The highest BCUT2D eigenvalue weighted by atomic mass is 16.3. The van der Waals surface area contributed by atoms with E-state index in [1.807, 2.05) is 24.3 Å². The number of fused-ring (bicyclic) bond motifs is 10. The van der Waals surface area contributed by atoms with Crippen LogP contribution in [0, 0.1) is 0 Å². The van der Waals surface area contributed by atoms with Crippen LogP contribution in [0.1, 0.15) is 0 Å². The van der Waals surface area contributed by atoms with Gasteiger partial charge in [0.2, 0.25) is 0 Å². The van der Waals surface area contributed by atoms with Crippen LogP contribution in [-0.2, 0) is 0 Å². The lowest BCUT2D eigenvalue weighted by Crippen LogP contribution is -1.98. The van der Waals surface area contributed by atoms with Crippen molar-refractivity contribution in [3.63, 3.8) is 0 Å². The number of nitrogens with zero attached hydrogens (tertiary/aromatic N) is 3. The van der Waals surface area contributed by atoms with Gasteiger partial charge in [-0.25, -0.2) is 9.97 Å². The fourth-order valence-corrected chi connectivity index (χ4v) is 8.91. The van der Waals surface area contributed by atoms with Gasteiger partial charge >= 0.3 is 0 Å². The fourth-order valence-electron chi connectivity index (χ4n) is 8.91. The summed E-state index contributed by atoms with van der Waals surface area (Å²) in [5.41, 5.74) is 11.1. The number of hydrogen-bond donors (Lipinski definition) is 0. The highest BCUT2D eigenvalue weighted by Gasteiger charge is 2.22. The van der Waals surface area contributed by atoms with Crippen LogP contribution in [0.5, 0.6) is 0 Å². The summed E-state index contributed by atoms with van der Waals surface area (Å²) in [6, 6.07) is 66.7. The summed E-state index contributed by atoms with van der Waals surface area (Å²) >= 11 is 0. The smallest absolute Gasteiger partial charge is 0.161 e. The van der Waals surface area contributed by atoms with Gasteiger partial charge in [-0.1, -0.05) is 152 Å². The number of furan rings is 1. The Morgan fingerprint density at radius 3 is 1.98 bits per heavy atom. The lowest BCUT2D eigenvalue weighted by atomic mass is 9.93. The zero-order chi connectivity index (χ0) is 36.7. The maximum atomic E-state index is 6.65. The molecule has 3 heterocycles. The minimum absolute atomic E-state index is 0.666. The number of aromatic nitrogens is 3. The third-order valence-electron chi connectivity index (χ3n) is 11.4. The average Bonchev–Trinajstić information content (AvgIpc) is 3.82. The van der Waals surface area contributed by atoms with Gasteiger partial charge in [-0.3, -0.25) is 0 Å². The van der Waals surface area contributed by atoms with Crippen molar-refractivity contribution in [2.45, 2.75) is 0 Å². The molecule has 0 amide bonds. The molecule has 0 atom stereocenters. The Morgan fingerprint density at radius 2 is 1.11 bits per heavy atom. The topological polar surface area (TPSA) is 43.9 Å². The van der Waals surface area contributed by atoms with E-state index in [1.165, 1.54) is 38.0 Å². The Kier molecular flexibility index (Phi) is 6.60. The summed E-state index contributed by atoms with van der Waals surface area (Å²) in [6.07, 6.45) is 0. The van der Waals surface area contributed by atoms with Crippen LogP contribution >= 0.6 is 0 Å². The molecule has 0 N–H and O–H groups in total. The van der Waals surface area contributed by atoms with Gasteiger partial charge in [0.1, 0.15) is 11.2 Å². The first-order valence-electron chi connectivity index (χ1n) is 19.0. The first-order chi connectivity index (χ1) is 27.8. The van der Waals surface area contributed by atoms with E-state index in [9.17, 15) is 0 Å². The summed E-state index contributed by atoms with van der Waals surface area (Å²) in [7, 11) is 0. The monoisotopic (exact) mass is 713 g/mol. The van der Waals surface area contributed by atoms with Crippen molar-refractivity contribution in [3.8, 4) is 39.5 Å². The largest absolute Gasteiger partial charge is 0.456 e. The van der Waals surface area contributed by atoms with Gasteiger partial charge in [0.05, 0.1) is 27.9 Å². The zero-order valence-electron chi connectivity index (χ0n) is 30.1. The number of hydrogen-bond acceptors (Lipinski definition) is 3. The molecular weight excluding hydrogens is 683 g/mol. The van der Waals surface area contributed by atoms with Crippen molar-refractivity contribution in [2.75, 3.05) is 0 Å². The predicted octanol–water partition coefficient (Wildman–Crippen LogP) is 13.9. The maximum Gasteiger partial charge on any atom is 0.161 e. The molecule has 0 spiro atoms. The molecule has 4 nitrogen and oxygen atoms in total. The average molecular weight is 714 g/mol. The molecule has 0 aliphatic rings. The molecule has 0 saturated heterocycles. The van der Waals surface area contributed by atoms with Crippen molar-refractivity contribution in [1.29, 1.82) is 0 Å². The number of rotatable bonds is 4. The van der Waals surface area contributed by atoms with Crippen LogP contribution in [0.2, 0.25) is 0 Å². The Bertz CT molecular complexity index is 3540. The predicted molar refractivity (Wildman–Crippen MR) is 232 cm³/mol. The van der Waals surface area contributed by atoms with Crippen molar-refractivity contribution in [2.24, 2.45) is 0 Å².